The van der Waals surface area contributed by atoms with E-state index in [0.29, 0.717) is 23.8 Å². The molecule has 0 radical (unpaired) electrons. The summed E-state index contributed by atoms with van der Waals surface area (Å²) in [7, 11) is 1.64. The number of nitrogens with zero attached hydrogens (tertiary/aromatic N) is 1. The smallest absolute Gasteiger partial charge is 0.233 e. The first-order valence-corrected chi connectivity index (χ1v) is 8.41. The lowest BCUT2D eigenvalue weighted by molar-refractivity contribution is -0.130. The summed E-state index contributed by atoms with van der Waals surface area (Å²) in [6.07, 6.45) is 4.87. The van der Waals surface area contributed by atoms with Crippen LogP contribution in [0.4, 0.5) is 5.69 Å². The molecule has 1 aromatic heterocycles. The highest BCUT2D eigenvalue weighted by Crippen LogP contribution is 2.31. The second-order valence-corrected chi connectivity index (χ2v) is 6.23. The Kier molecular flexibility index (Phi) is 5.63. The fourth-order valence-electron chi connectivity index (χ4n) is 3.06. The first-order chi connectivity index (χ1) is 12.2. The molecular formula is C19H23N3O3. The molecule has 2 heterocycles. The van der Waals surface area contributed by atoms with Crippen molar-refractivity contribution < 1.29 is 14.3 Å². The molecule has 0 spiro atoms. The van der Waals surface area contributed by atoms with Gasteiger partial charge in [-0.05, 0) is 50.2 Å². The molecule has 0 aliphatic carbocycles. The number of pyridine rings is 1. The highest BCUT2D eigenvalue weighted by atomic mass is 16.5. The van der Waals surface area contributed by atoms with Crippen molar-refractivity contribution in [1.29, 1.82) is 0 Å². The molecule has 1 saturated heterocycles. The third-order valence-electron chi connectivity index (χ3n) is 4.44. The first-order valence-electron chi connectivity index (χ1n) is 8.41. The summed E-state index contributed by atoms with van der Waals surface area (Å²) in [4.78, 5) is 16.8. The Labute approximate surface area is 147 Å². The quantitative estimate of drug-likeness (QED) is 0.845. The van der Waals surface area contributed by atoms with Gasteiger partial charge in [-0.15, -0.1) is 0 Å². The van der Waals surface area contributed by atoms with Crippen molar-refractivity contribution >= 4 is 11.6 Å². The summed E-state index contributed by atoms with van der Waals surface area (Å²) in [6.45, 7) is 2.07. The molecule has 3 rings (SSSR count). The summed E-state index contributed by atoms with van der Waals surface area (Å²) in [5.74, 6) is 1.36. The van der Waals surface area contributed by atoms with E-state index in [1.807, 2.05) is 24.3 Å². The van der Waals surface area contributed by atoms with Gasteiger partial charge < -0.3 is 20.1 Å². The average molecular weight is 341 g/mol. The monoisotopic (exact) mass is 341 g/mol. The van der Waals surface area contributed by atoms with Crippen LogP contribution < -0.4 is 15.4 Å². The summed E-state index contributed by atoms with van der Waals surface area (Å²) in [6, 6.07) is 11.0. The highest BCUT2D eigenvalue weighted by molar-refractivity contribution is 5.95. The number of methoxy groups -OCH3 is 1. The van der Waals surface area contributed by atoms with Crippen LogP contribution in [0.2, 0.25) is 0 Å². The molecule has 1 fully saturated rings. The molecule has 25 heavy (non-hydrogen) atoms. The maximum absolute atomic E-state index is 12.9. The van der Waals surface area contributed by atoms with Crippen LogP contribution in [0.5, 0.6) is 11.5 Å². The number of carbonyl (C=O) groups excluding carboxylic acids is 1. The Morgan fingerprint density at radius 2 is 1.96 bits per heavy atom. The van der Waals surface area contributed by atoms with Crippen molar-refractivity contribution in [2.75, 3.05) is 32.1 Å². The van der Waals surface area contributed by atoms with Gasteiger partial charge in [0.1, 0.15) is 11.5 Å². The lowest BCUT2D eigenvalue weighted by atomic mass is 9.78. The van der Waals surface area contributed by atoms with Crippen LogP contribution >= 0.6 is 0 Å². The second-order valence-electron chi connectivity index (χ2n) is 6.23. The first kappa shape index (κ1) is 17.4. The minimum Gasteiger partial charge on any atom is -0.457 e. The molecule has 6 heteroatoms. The van der Waals surface area contributed by atoms with Gasteiger partial charge in [0.05, 0.1) is 12.0 Å². The Morgan fingerprint density at radius 3 is 2.68 bits per heavy atom. The SMILES string of the molecule is COCC1(C(=O)Nc2cccc(Oc3ccncc3)c2)CCNCC1. The van der Waals surface area contributed by atoms with Crippen LogP contribution in [-0.2, 0) is 9.53 Å². The molecule has 0 bridgehead atoms. The normalized spacial score (nSPS) is 16.2. The minimum atomic E-state index is -0.484. The van der Waals surface area contributed by atoms with Gasteiger partial charge in [-0.25, -0.2) is 0 Å². The number of aromatic nitrogens is 1. The number of piperidine rings is 1. The number of hydrogen-bond acceptors (Lipinski definition) is 5. The molecule has 1 aliphatic heterocycles. The van der Waals surface area contributed by atoms with E-state index in [0.717, 1.165) is 25.9 Å². The molecule has 2 N–H and O–H groups in total. The Morgan fingerprint density at radius 1 is 1.20 bits per heavy atom. The van der Waals surface area contributed by atoms with Gasteiger partial charge in [-0.2, -0.15) is 0 Å². The molecule has 132 valence electrons. The lowest BCUT2D eigenvalue weighted by Crippen LogP contribution is -2.47. The van der Waals surface area contributed by atoms with E-state index in [4.69, 9.17) is 9.47 Å². The third kappa shape index (κ3) is 4.35. The molecule has 2 aromatic rings. The maximum atomic E-state index is 12.9. The van der Waals surface area contributed by atoms with Gasteiger partial charge in [0.25, 0.3) is 0 Å². The van der Waals surface area contributed by atoms with Gasteiger partial charge in [0, 0.05) is 31.3 Å². The van der Waals surface area contributed by atoms with Crippen LogP contribution in [0.15, 0.2) is 48.8 Å². The topological polar surface area (TPSA) is 72.5 Å². The molecular weight excluding hydrogens is 318 g/mol. The number of ether oxygens (including phenoxy) is 2. The third-order valence-corrected chi connectivity index (χ3v) is 4.44. The van der Waals surface area contributed by atoms with Crippen molar-refractivity contribution in [3.63, 3.8) is 0 Å². The average Bonchev–Trinajstić information content (AvgIpc) is 2.64. The van der Waals surface area contributed by atoms with Gasteiger partial charge >= 0.3 is 0 Å². The predicted molar refractivity (Wildman–Crippen MR) is 95.8 cm³/mol. The summed E-state index contributed by atoms with van der Waals surface area (Å²) >= 11 is 0. The van der Waals surface area contributed by atoms with E-state index < -0.39 is 5.41 Å². The fraction of sp³-hybridized carbons (Fsp3) is 0.368. The zero-order chi connectivity index (χ0) is 17.5. The van der Waals surface area contributed by atoms with Gasteiger partial charge in [-0.3, -0.25) is 9.78 Å². The van der Waals surface area contributed by atoms with E-state index in [1.54, 1.807) is 31.6 Å². The summed E-state index contributed by atoms with van der Waals surface area (Å²) in [5.41, 5.74) is 0.229. The largest absolute Gasteiger partial charge is 0.457 e. The van der Waals surface area contributed by atoms with Crippen LogP contribution in [0.3, 0.4) is 0 Å². The molecule has 6 nitrogen and oxygen atoms in total. The van der Waals surface area contributed by atoms with E-state index in [-0.39, 0.29) is 5.91 Å². The highest BCUT2D eigenvalue weighted by Gasteiger charge is 2.39. The van der Waals surface area contributed by atoms with Crippen LogP contribution in [-0.4, -0.2) is 37.7 Å². The number of rotatable bonds is 6. The van der Waals surface area contributed by atoms with Crippen molar-refractivity contribution in [1.82, 2.24) is 10.3 Å². The molecule has 1 amide bonds. The number of hydrogen-bond donors (Lipinski definition) is 2. The van der Waals surface area contributed by atoms with E-state index in [1.165, 1.54) is 0 Å². The zero-order valence-electron chi connectivity index (χ0n) is 14.3. The molecule has 1 aliphatic rings. The Hall–Kier alpha value is -2.44. The molecule has 0 unspecified atom stereocenters. The fourth-order valence-corrected chi connectivity index (χ4v) is 3.06. The van der Waals surface area contributed by atoms with Crippen LogP contribution in [0, 0.1) is 5.41 Å². The number of nitrogens with one attached hydrogen (secondary N) is 2. The van der Waals surface area contributed by atoms with Crippen LogP contribution in [0.1, 0.15) is 12.8 Å². The van der Waals surface area contributed by atoms with Crippen molar-refractivity contribution in [3.8, 4) is 11.5 Å². The maximum Gasteiger partial charge on any atom is 0.233 e. The van der Waals surface area contributed by atoms with E-state index in [9.17, 15) is 4.79 Å². The number of amides is 1. The van der Waals surface area contributed by atoms with E-state index >= 15 is 0 Å². The number of anilines is 1. The zero-order valence-corrected chi connectivity index (χ0v) is 14.3. The van der Waals surface area contributed by atoms with Gasteiger partial charge in [0.15, 0.2) is 0 Å². The predicted octanol–water partition coefficient (Wildman–Crippen LogP) is 2.83. The standard InChI is InChI=1S/C19H23N3O3/c1-24-14-19(7-11-21-12-8-19)18(23)22-15-3-2-4-17(13-15)25-16-5-9-20-10-6-16/h2-6,9-10,13,21H,7-8,11-12,14H2,1H3,(H,22,23). The molecule has 0 saturated carbocycles. The number of benzene rings is 1. The molecule has 1 aromatic carbocycles. The van der Waals surface area contributed by atoms with Gasteiger partial charge in [0.2, 0.25) is 5.91 Å². The van der Waals surface area contributed by atoms with Crippen molar-refractivity contribution in [2.24, 2.45) is 5.41 Å². The van der Waals surface area contributed by atoms with E-state index in [2.05, 4.69) is 15.6 Å². The van der Waals surface area contributed by atoms with Crippen LogP contribution in [0.25, 0.3) is 0 Å². The summed E-state index contributed by atoms with van der Waals surface area (Å²) < 4.78 is 11.1. The lowest BCUT2D eigenvalue weighted by Gasteiger charge is -2.35. The summed E-state index contributed by atoms with van der Waals surface area (Å²) in [5, 5.41) is 6.32. The number of carbonyl (C=O) groups is 1. The van der Waals surface area contributed by atoms with Crippen molar-refractivity contribution in [2.45, 2.75) is 12.8 Å². The Balaban J connectivity index is 1.71. The van der Waals surface area contributed by atoms with Gasteiger partial charge in [-0.1, -0.05) is 6.07 Å². The molecule has 0 atom stereocenters. The van der Waals surface area contributed by atoms with Crippen molar-refractivity contribution in [3.05, 3.63) is 48.8 Å². The second kappa shape index (κ2) is 8.09. The minimum absolute atomic E-state index is 0.00286. The Bertz CT molecular complexity index is 695.